The van der Waals surface area contributed by atoms with E-state index in [1.807, 2.05) is 24.3 Å². The van der Waals surface area contributed by atoms with Crippen molar-refractivity contribution in [2.24, 2.45) is 5.92 Å². The molecule has 24 heavy (non-hydrogen) atoms. The smallest absolute Gasteiger partial charge is 0.303 e. The molecular formula is C20H30O4. The van der Waals surface area contributed by atoms with Crippen LogP contribution in [0.15, 0.2) is 36.0 Å². The SMILES string of the molecule is CCCCCC(O)C/C=C1/C(=O)C=CC1C/C=C\CCCC(=O)O. The molecule has 0 aromatic rings. The fraction of sp³-hybridized carbons (Fsp3) is 0.600. The van der Waals surface area contributed by atoms with Gasteiger partial charge in [0.1, 0.15) is 0 Å². The molecule has 1 aliphatic carbocycles. The molecule has 1 rings (SSSR count). The van der Waals surface area contributed by atoms with Gasteiger partial charge in [-0.2, -0.15) is 0 Å². The maximum Gasteiger partial charge on any atom is 0.303 e. The largest absolute Gasteiger partial charge is 0.481 e. The molecule has 0 heterocycles. The van der Waals surface area contributed by atoms with Crippen molar-refractivity contribution in [3.8, 4) is 0 Å². The van der Waals surface area contributed by atoms with Gasteiger partial charge in [0.25, 0.3) is 0 Å². The minimum atomic E-state index is -0.768. The van der Waals surface area contributed by atoms with Crippen LogP contribution in [0.5, 0.6) is 0 Å². The molecule has 1 aliphatic rings. The number of aliphatic carboxylic acids is 1. The summed E-state index contributed by atoms with van der Waals surface area (Å²) >= 11 is 0. The number of hydrogen-bond acceptors (Lipinski definition) is 3. The Kier molecular flexibility index (Phi) is 10.0. The molecule has 0 aromatic heterocycles. The van der Waals surface area contributed by atoms with Crippen LogP contribution in [0.2, 0.25) is 0 Å². The highest BCUT2D eigenvalue weighted by Crippen LogP contribution is 2.26. The molecule has 4 nitrogen and oxygen atoms in total. The minimum Gasteiger partial charge on any atom is -0.481 e. The summed E-state index contributed by atoms with van der Waals surface area (Å²) in [5.41, 5.74) is 0.778. The van der Waals surface area contributed by atoms with Crippen molar-refractivity contribution in [2.45, 2.75) is 70.8 Å². The highest BCUT2D eigenvalue weighted by Gasteiger charge is 2.21. The first-order valence-corrected chi connectivity index (χ1v) is 9.02. The van der Waals surface area contributed by atoms with Crippen LogP contribution in [-0.4, -0.2) is 28.1 Å². The van der Waals surface area contributed by atoms with Crippen LogP contribution in [0.3, 0.4) is 0 Å². The van der Waals surface area contributed by atoms with E-state index in [0.29, 0.717) is 12.8 Å². The van der Waals surface area contributed by atoms with Crippen molar-refractivity contribution in [2.75, 3.05) is 0 Å². The summed E-state index contributed by atoms with van der Waals surface area (Å²) in [6.07, 6.45) is 16.0. The van der Waals surface area contributed by atoms with E-state index in [1.165, 1.54) is 0 Å². The van der Waals surface area contributed by atoms with Crippen LogP contribution in [0.1, 0.15) is 64.7 Å². The zero-order valence-corrected chi connectivity index (χ0v) is 14.6. The van der Waals surface area contributed by atoms with Gasteiger partial charge < -0.3 is 10.2 Å². The monoisotopic (exact) mass is 334 g/mol. The maximum atomic E-state index is 11.9. The Hall–Kier alpha value is -1.68. The number of carbonyl (C=O) groups is 2. The van der Waals surface area contributed by atoms with Crippen LogP contribution < -0.4 is 0 Å². The van der Waals surface area contributed by atoms with Crippen LogP contribution in [0.25, 0.3) is 0 Å². The van der Waals surface area contributed by atoms with E-state index < -0.39 is 5.97 Å². The number of carbonyl (C=O) groups excluding carboxylic acids is 1. The third-order valence-corrected chi connectivity index (χ3v) is 4.23. The van der Waals surface area contributed by atoms with Gasteiger partial charge in [0.2, 0.25) is 0 Å². The Morgan fingerprint density at radius 2 is 2.08 bits per heavy atom. The summed E-state index contributed by atoms with van der Waals surface area (Å²) in [6, 6.07) is 0. The van der Waals surface area contributed by atoms with Crippen molar-refractivity contribution in [1.82, 2.24) is 0 Å². The quantitative estimate of drug-likeness (QED) is 0.319. The second-order valence-corrected chi connectivity index (χ2v) is 6.37. The highest BCUT2D eigenvalue weighted by atomic mass is 16.4. The standard InChI is InChI=1S/C20H30O4/c1-2-3-6-10-17(21)13-14-18-16(12-15-19(18)22)9-7-4-5-8-11-20(23)24/h4,7,12,14-17,21H,2-3,5-6,8-11,13H2,1H3,(H,23,24)/b7-4-,18-14+. The fourth-order valence-electron chi connectivity index (χ4n) is 2.79. The fourth-order valence-corrected chi connectivity index (χ4v) is 2.79. The van der Waals surface area contributed by atoms with Gasteiger partial charge in [-0.1, -0.05) is 50.5 Å². The van der Waals surface area contributed by atoms with Gasteiger partial charge in [-0.15, -0.1) is 0 Å². The molecule has 134 valence electrons. The number of aliphatic hydroxyl groups excluding tert-OH is 1. The van der Waals surface area contributed by atoms with Crippen LogP contribution in [-0.2, 0) is 9.59 Å². The van der Waals surface area contributed by atoms with Crippen LogP contribution in [0.4, 0.5) is 0 Å². The van der Waals surface area contributed by atoms with Gasteiger partial charge in [-0.25, -0.2) is 0 Å². The van der Waals surface area contributed by atoms with Gasteiger partial charge in [-0.3, -0.25) is 9.59 Å². The van der Waals surface area contributed by atoms with Crippen molar-refractivity contribution < 1.29 is 19.8 Å². The summed E-state index contributed by atoms with van der Waals surface area (Å²) in [6.45, 7) is 2.14. The Morgan fingerprint density at radius 3 is 2.79 bits per heavy atom. The van der Waals surface area contributed by atoms with Gasteiger partial charge in [-0.05, 0) is 38.2 Å². The average molecular weight is 334 g/mol. The lowest BCUT2D eigenvalue weighted by Crippen LogP contribution is -2.08. The van der Waals surface area contributed by atoms with E-state index in [1.54, 1.807) is 6.08 Å². The Balaban J connectivity index is 2.39. The summed E-state index contributed by atoms with van der Waals surface area (Å²) in [7, 11) is 0. The zero-order valence-electron chi connectivity index (χ0n) is 14.6. The molecule has 2 unspecified atom stereocenters. The predicted octanol–water partition coefficient (Wildman–Crippen LogP) is 4.20. The molecule has 0 spiro atoms. The first-order chi connectivity index (χ1) is 11.5. The Morgan fingerprint density at radius 1 is 1.29 bits per heavy atom. The number of hydrogen-bond donors (Lipinski definition) is 2. The molecule has 0 aliphatic heterocycles. The van der Waals surface area contributed by atoms with Crippen molar-refractivity contribution in [3.63, 3.8) is 0 Å². The molecule has 4 heteroatoms. The first kappa shape index (κ1) is 20.4. The lowest BCUT2D eigenvalue weighted by molar-refractivity contribution is -0.137. The van der Waals surface area contributed by atoms with Gasteiger partial charge in [0.05, 0.1) is 6.10 Å². The van der Waals surface area contributed by atoms with Crippen LogP contribution >= 0.6 is 0 Å². The van der Waals surface area contributed by atoms with Crippen molar-refractivity contribution in [1.29, 1.82) is 0 Å². The second-order valence-electron chi connectivity index (χ2n) is 6.37. The molecule has 0 aromatic carbocycles. The molecular weight excluding hydrogens is 304 g/mol. The van der Waals surface area contributed by atoms with Crippen molar-refractivity contribution in [3.05, 3.63) is 36.0 Å². The number of carboxylic acid groups (broad SMARTS) is 1. The number of rotatable bonds is 12. The molecule has 0 amide bonds. The lowest BCUT2D eigenvalue weighted by atomic mass is 9.95. The zero-order chi connectivity index (χ0) is 17.8. The third kappa shape index (κ3) is 8.25. The van der Waals surface area contributed by atoms with Gasteiger partial charge in [0, 0.05) is 17.9 Å². The van der Waals surface area contributed by atoms with E-state index >= 15 is 0 Å². The normalized spacial score (nSPS) is 20.3. The number of carboxylic acids is 1. The summed E-state index contributed by atoms with van der Waals surface area (Å²) < 4.78 is 0. The summed E-state index contributed by atoms with van der Waals surface area (Å²) in [5.74, 6) is -0.647. The number of ketones is 1. The first-order valence-electron chi connectivity index (χ1n) is 9.02. The molecule has 0 saturated heterocycles. The number of aliphatic hydroxyl groups is 1. The summed E-state index contributed by atoms with van der Waals surface area (Å²) in [5, 5.41) is 18.6. The number of unbranched alkanes of at least 4 members (excludes halogenated alkanes) is 3. The molecule has 0 saturated carbocycles. The third-order valence-electron chi connectivity index (χ3n) is 4.23. The van der Waals surface area contributed by atoms with E-state index in [2.05, 4.69) is 6.92 Å². The van der Waals surface area contributed by atoms with E-state index in [0.717, 1.165) is 44.1 Å². The van der Waals surface area contributed by atoms with Gasteiger partial charge >= 0.3 is 5.97 Å². The maximum absolute atomic E-state index is 11.9. The highest BCUT2D eigenvalue weighted by molar-refractivity contribution is 6.07. The van der Waals surface area contributed by atoms with E-state index in [4.69, 9.17) is 5.11 Å². The molecule has 0 radical (unpaired) electrons. The van der Waals surface area contributed by atoms with E-state index in [9.17, 15) is 14.7 Å². The van der Waals surface area contributed by atoms with Crippen LogP contribution in [0, 0.1) is 5.92 Å². The lowest BCUT2D eigenvalue weighted by Gasteiger charge is -2.11. The summed E-state index contributed by atoms with van der Waals surface area (Å²) in [4.78, 5) is 22.4. The Labute approximate surface area is 145 Å². The van der Waals surface area contributed by atoms with E-state index in [-0.39, 0.29) is 24.2 Å². The topological polar surface area (TPSA) is 74.6 Å². The number of allylic oxidation sites excluding steroid dienone is 5. The van der Waals surface area contributed by atoms with Crippen molar-refractivity contribution >= 4 is 11.8 Å². The molecule has 0 fully saturated rings. The Bertz CT molecular complexity index is 488. The minimum absolute atomic E-state index is 0.0417. The predicted molar refractivity (Wildman–Crippen MR) is 95.7 cm³/mol. The van der Waals surface area contributed by atoms with Gasteiger partial charge in [0.15, 0.2) is 5.78 Å². The molecule has 0 bridgehead atoms. The second kappa shape index (κ2) is 11.8. The average Bonchev–Trinajstić information content (AvgIpc) is 2.89. The molecule has 2 atom stereocenters. The molecule has 2 N–H and O–H groups in total.